The number of piperidine rings is 2. The van der Waals surface area contributed by atoms with Gasteiger partial charge in [0, 0.05) is 43.5 Å². The highest BCUT2D eigenvalue weighted by Crippen LogP contribution is 2.36. The Morgan fingerprint density at radius 3 is 2.70 bits per heavy atom. The van der Waals surface area contributed by atoms with Gasteiger partial charge in [-0.05, 0) is 52.5 Å². The van der Waals surface area contributed by atoms with E-state index in [2.05, 4.69) is 34.8 Å². The average Bonchev–Trinajstić information content (AvgIpc) is 2.72. The van der Waals surface area contributed by atoms with E-state index in [9.17, 15) is 9.90 Å². The minimum atomic E-state index is -0.0199. The number of aliphatic hydroxyl groups is 1. The summed E-state index contributed by atoms with van der Waals surface area (Å²) in [6, 6.07) is 0.494. The van der Waals surface area contributed by atoms with Crippen LogP contribution in [0, 0.1) is 5.41 Å². The zero-order chi connectivity index (χ0) is 19.3. The van der Waals surface area contributed by atoms with Crippen LogP contribution in [0.15, 0.2) is 30.2 Å². The second-order valence-electron chi connectivity index (χ2n) is 8.33. The maximum Gasteiger partial charge on any atom is 0.274 e. The lowest BCUT2D eigenvalue weighted by Crippen LogP contribution is -2.53. The molecule has 3 rings (SSSR count). The summed E-state index contributed by atoms with van der Waals surface area (Å²) < 4.78 is 0. The molecule has 2 fully saturated rings. The van der Waals surface area contributed by atoms with E-state index in [1.807, 2.05) is 4.90 Å². The van der Waals surface area contributed by atoms with E-state index in [0.29, 0.717) is 11.7 Å². The zero-order valence-corrected chi connectivity index (χ0v) is 16.6. The lowest BCUT2D eigenvalue weighted by molar-refractivity contribution is -0.000609. The first kappa shape index (κ1) is 20.0. The normalized spacial score (nSPS) is 24.6. The average molecular weight is 373 g/mol. The molecule has 0 bridgehead atoms. The van der Waals surface area contributed by atoms with Crippen molar-refractivity contribution < 1.29 is 9.90 Å². The van der Waals surface area contributed by atoms with Crippen LogP contribution in [-0.2, 0) is 0 Å². The van der Waals surface area contributed by atoms with Crippen LogP contribution < -0.4 is 0 Å². The molecule has 0 saturated carbocycles. The summed E-state index contributed by atoms with van der Waals surface area (Å²) in [5, 5.41) is 10.1. The van der Waals surface area contributed by atoms with Gasteiger partial charge < -0.3 is 10.0 Å². The summed E-state index contributed by atoms with van der Waals surface area (Å²) in [7, 11) is 0. The van der Waals surface area contributed by atoms with E-state index >= 15 is 0 Å². The molecule has 148 valence electrons. The van der Waals surface area contributed by atoms with Gasteiger partial charge in [-0.1, -0.05) is 11.6 Å². The van der Waals surface area contributed by atoms with Crippen LogP contribution in [0.5, 0.6) is 0 Å². The number of carbonyl (C=O) groups excluding carboxylic acids is 1. The number of nitrogens with zero attached hydrogens (tertiary/aromatic N) is 4. The second kappa shape index (κ2) is 8.93. The van der Waals surface area contributed by atoms with Gasteiger partial charge in [0.05, 0.1) is 12.8 Å². The molecule has 0 aliphatic carbocycles. The minimum Gasteiger partial charge on any atom is -0.396 e. The van der Waals surface area contributed by atoms with Crippen LogP contribution in [0.25, 0.3) is 0 Å². The molecule has 0 spiro atoms. The van der Waals surface area contributed by atoms with Crippen LogP contribution in [0.3, 0.4) is 0 Å². The largest absolute Gasteiger partial charge is 0.396 e. The fourth-order valence-electron chi connectivity index (χ4n) is 4.34. The summed E-state index contributed by atoms with van der Waals surface area (Å²) in [4.78, 5) is 25.1. The van der Waals surface area contributed by atoms with Crippen LogP contribution in [0.2, 0.25) is 0 Å². The number of allylic oxidation sites excluding steroid dienone is 2. The Balaban J connectivity index is 1.57. The summed E-state index contributed by atoms with van der Waals surface area (Å²) in [5.74, 6) is -0.0199. The van der Waals surface area contributed by atoms with Crippen LogP contribution in [0.4, 0.5) is 0 Å². The van der Waals surface area contributed by atoms with Crippen LogP contribution in [0.1, 0.15) is 56.4 Å². The standard InChI is InChI=1S/C21H32N4O2/c1-17(2)4-8-21(16-26)7-3-11-25(15-21)18-5-12-24(13-6-18)20(27)19-14-22-9-10-23-19/h4,9-10,14,18,26H,3,5-8,11-13,15-16H2,1-2H3. The fourth-order valence-corrected chi connectivity index (χ4v) is 4.34. The summed E-state index contributed by atoms with van der Waals surface area (Å²) in [5.41, 5.74) is 1.73. The van der Waals surface area contributed by atoms with Crippen molar-refractivity contribution in [3.8, 4) is 0 Å². The predicted molar refractivity (Wildman–Crippen MR) is 105 cm³/mol. The van der Waals surface area contributed by atoms with Gasteiger partial charge in [0.15, 0.2) is 0 Å². The van der Waals surface area contributed by atoms with Crippen LogP contribution >= 0.6 is 0 Å². The molecule has 0 aromatic carbocycles. The number of amides is 1. The Hall–Kier alpha value is -1.79. The molecule has 1 aromatic rings. The van der Waals surface area contributed by atoms with Gasteiger partial charge >= 0.3 is 0 Å². The molecule has 6 heteroatoms. The van der Waals surface area contributed by atoms with Gasteiger partial charge in [-0.25, -0.2) is 4.98 Å². The highest BCUT2D eigenvalue weighted by molar-refractivity contribution is 5.92. The third-order valence-corrected chi connectivity index (χ3v) is 6.02. The first-order chi connectivity index (χ1) is 13.0. The molecular formula is C21H32N4O2. The number of hydrogen-bond donors (Lipinski definition) is 1. The lowest BCUT2D eigenvalue weighted by Gasteiger charge is -2.47. The van der Waals surface area contributed by atoms with E-state index in [-0.39, 0.29) is 17.9 Å². The molecule has 2 saturated heterocycles. The quantitative estimate of drug-likeness (QED) is 0.805. The Labute approximate surface area is 162 Å². The lowest BCUT2D eigenvalue weighted by atomic mass is 9.76. The third-order valence-electron chi connectivity index (χ3n) is 6.02. The van der Waals surface area contributed by atoms with Crippen LogP contribution in [-0.4, -0.2) is 69.6 Å². The number of hydrogen-bond acceptors (Lipinski definition) is 5. The van der Waals surface area contributed by atoms with Gasteiger partial charge in [-0.3, -0.25) is 14.7 Å². The first-order valence-corrected chi connectivity index (χ1v) is 10.1. The number of rotatable bonds is 5. The number of likely N-dealkylation sites (tertiary alicyclic amines) is 2. The van der Waals surface area contributed by atoms with Crippen molar-refractivity contribution in [3.63, 3.8) is 0 Å². The molecule has 2 aliphatic rings. The summed E-state index contributed by atoms with van der Waals surface area (Å²) >= 11 is 0. The summed E-state index contributed by atoms with van der Waals surface area (Å²) in [6.07, 6.45) is 12.1. The first-order valence-electron chi connectivity index (χ1n) is 10.1. The molecule has 3 heterocycles. The van der Waals surface area contributed by atoms with E-state index < -0.39 is 0 Å². The number of aliphatic hydroxyl groups excluding tert-OH is 1. The van der Waals surface area contributed by atoms with Crippen molar-refractivity contribution in [2.75, 3.05) is 32.8 Å². The van der Waals surface area contributed by atoms with E-state index in [1.54, 1.807) is 12.4 Å². The molecule has 2 aliphatic heterocycles. The van der Waals surface area contributed by atoms with Gasteiger partial charge in [-0.15, -0.1) is 0 Å². The van der Waals surface area contributed by atoms with E-state index in [1.165, 1.54) is 11.8 Å². The monoisotopic (exact) mass is 372 g/mol. The van der Waals surface area contributed by atoms with Crippen molar-refractivity contribution >= 4 is 5.91 Å². The van der Waals surface area contributed by atoms with Gasteiger partial charge in [0.1, 0.15) is 5.69 Å². The maximum absolute atomic E-state index is 12.6. The molecule has 1 atom stereocenters. The minimum absolute atomic E-state index is 0.0118. The van der Waals surface area contributed by atoms with Crippen molar-refractivity contribution in [1.29, 1.82) is 0 Å². The van der Waals surface area contributed by atoms with Crippen molar-refractivity contribution in [2.45, 2.75) is 52.0 Å². The summed E-state index contributed by atoms with van der Waals surface area (Å²) in [6.45, 7) is 8.06. The molecule has 1 aromatic heterocycles. The molecule has 0 radical (unpaired) electrons. The molecule has 1 amide bonds. The highest BCUT2D eigenvalue weighted by Gasteiger charge is 2.37. The Bertz CT molecular complexity index is 651. The maximum atomic E-state index is 12.6. The molecule has 1 N–H and O–H groups in total. The van der Waals surface area contributed by atoms with E-state index in [0.717, 1.165) is 58.3 Å². The Morgan fingerprint density at radius 2 is 2.07 bits per heavy atom. The molecule has 1 unspecified atom stereocenters. The van der Waals surface area contributed by atoms with E-state index in [4.69, 9.17) is 0 Å². The van der Waals surface area contributed by atoms with Crippen molar-refractivity contribution in [3.05, 3.63) is 35.9 Å². The highest BCUT2D eigenvalue weighted by atomic mass is 16.3. The molecular weight excluding hydrogens is 340 g/mol. The van der Waals surface area contributed by atoms with Gasteiger partial charge in [-0.2, -0.15) is 0 Å². The Kier molecular flexibility index (Phi) is 6.60. The van der Waals surface area contributed by atoms with Gasteiger partial charge in [0.25, 0.3) is 5.91 Å². The number of carbonyl (C=O) groups is 1. The van der Waals surface area contributed by atoms with Crippen molar-refractivity contribution in [1.82, 2.24) is 19.8 Å². The number of aromatic nitrogens is 2. The predicted octanol–water partition coefficient (Wildman–Crippen LogP) is 2.51. The molecule has 27 heavy (non-hydrogen) atoms. The van der Waals surface area contributed by atoms with Crippen molar-refractivity contribution in [2.24, 2.45) is 5.41 Å². The smallest absolute Gasteiger partial charge is 0.274 e. The Morgan fingerprint density at radius 1 is 1.30 bits per heavy atom. The topological polar surface area (TPSA) is 69.6 Å². The fraction of sp³-hybridized carbons (Fsp3) is 0.667. The molecule has 6 nitrogen and oxygen atoms in total. The third kappa shape index (κ3) is 4.93. The zero-order valence-electron chi connectivity index (χ0n) is 16.6. The SMILES string of the molecule is CC(C)=CCC1(CO)CCCN(C2CCN(C(=O)c3cnccn3)CC2)C1. The van der Waals surface area contributed by atoms with Gasteiger partial charge in [0.2, 0.25) is 0 Å². The second-order valence-corrected chi connectivity index (χ2v) is 8.33.